The van der Waals surface area contributed by atoms with E-state index in [-0.39, 0.29) is 18.4 Å². The summed E-state index contributed by atoms with van der Waals surface area (Å²) in [5.41, 5.74) is 5.88. The van der Waals surface area contributed by atoms with Gasteiger partial charge in [-0.25, -0.2) is 4.98 Å². The van der Waals surface area contributed by atoms with Crippen molar-refractivity contribution in [3.8, 4) is 0 Å². The maximum atomic E-state index is 5.88. The molecule has 1 aromatic rings. The van der Waals surface area contributed by atoms with Gasteiger partial charge in [0.15, 0.2) is 0 Å². The molecule has 76 valence electrons. The molecule has 0 radical (unpaired) electrons. The van der Waals surface area contributed by atoms with Crippen LogP contribution in [0.15, 0.2) is 6.33 Å². The van der Waals surface area contributed by atoms with Gasteiger partial charge in [-0.3, -0.25) is 5.10 Å². The standard InChI is InChI=1S/C8H16N4.ClH/c1-6(2)3-7(9)4-8-10-5-11-12-8;/h5-7H,3-4,9H2,1-2H3,(H,10,11,12);1H. The molecule has 5 heteroatoms. The molecule has 1 unspecified atom stereocenters. The van der Waals surface area contributed by atoms with Crippen LogP contribution in [0.5, 0.6) is 0 Å². The van der Waals surface area contributed by atoms with Gasteiger partial charge in [0.05, 0.1) is 0 Å². The van der Waals surface area contributed by atoms with E-state index in [0.717, 1.165) is 18.7 Å². The molecule has 1 atom stereocenters. The van der Waals surface area contributed by atoms with Crippen molar-refractivity contribution in [1.82, 2.24) is 15.2 Å². The minimum atomic E-state index is 0. The summed E-state index contributed by atoms with van der Waals surface area (Å²) in [6.07, 6.45) is 3.33. The molecule has 4 nitrogen and oxygen atoms in total. The summed E-state index contributed by atoms with van der Waals surface area (Å²) in [5, 5.41) is 6.56. The first-order valence-corrected chi connectivity index (χ1v) is 4.28. The Morgan fingerprint density at radius 3 is 2.69 bits per heavy atom. The first kappa shape index (κ1) is 12.4. The van der Waals surface area contributed by atoms with Crippen molar-refractivity contribution in [2.75, 3.05) is 0 Å². The first-order chi connectivity index (χ1) is 5.68. The monoisotopic (exact) mass is 204 g/mol. The lowest BCUT2D eigenvalue weighted by atomic mass is 10.0. The summed E-state index contributed by atoms with van der Waals surface area (Å²) >= 11 is 0. The van der Waals surface area contributed by atoms with Crippen LogP contribution in [0, 0.1) is 5.92 Å². The first-order valence-electron chi connectivity index (χ1n) is 4.28. The van der Waals surface area contributed by atoms with Gasteiger partial charge in [-0.05, 0) is 12.3 Å². The van der Waals surface area contributed by atoms with Gasteiger partial charge in [-0.1, -0.05) is 13.8 Å². The molecule has 0 bridgehead atoms. The highest BCUT2D eigenvalue weighted by Crippen LogP contribution is 2.05. The van der Waals surface area contributed by atoms with Gasteiger partial charge in [-0.2, -0.15) is 5.10 Å². The molecular weight excluding hydrogens is 188 g/mol. The molecule has 0 aromatic carbocycles. The van der Waals surface area contributed by atoms with Gasteiger partial charge >= 0.3 is 0 Å². The largest absolute Gasteiger partial charge is 0.327 e. The molecule has 0 aliphatic rings. The number of H-pyrrole nitrogens is 1. The number of aromatic amines is 1. The zero-order valence-electron chi connectivity index (χ0n) is 8.03. The van der Waals surface area contributed by atoms with Crippen molar-refractivity contribution in [2.24, 2.45) is 11.7 Å². The fourth-order valence-corrected chi connectivity index (χ4v) is 1.27. The molecule has 13 heavy (non-hydrogen) atoms. The van der Waals surface area contributed by atoms with E-state index in [0.29, 0.717) is 5.92 Å². The third-order valence-electron chi connectivity index (χ3n) is 1.69. The summed E-state index contributed by atoms with van der Waals surface area (Å²) < 4.78 is 0. The zero-order chi connectivity index (χ0) is 8.97. The fraction of sp³-hybridized carbons (Fsp3) is 0.750. The molecule has 1 heterocycles. The average molecular weight is 205 g/mol. The Labute approximate surface area is 84.7 Å². The van der Waals surface area contributed by atoms with Crippen LogP contribution in [0.3, 0.4) is 0 Å². The SMILES string of the molecule is CC(C)CC(N)Cc1ncn[nH]1.Cl. The number of nitrogens with zero attached hydrogens (tertiary/aromatic N) is 2. The van der Waals surface area contributed by atoms with Crippen molar-refractivity contribution < 1.29 is 0 Å². The maximum absolute atomic E-state index is 5.88. The van der Waals surface area contributed by atoms with Gasteiger partial charge in [0.2, 0.25) is 0 Å². The van der Waals surface area contributed by atoms with Crippen LogP contribution in [0.25, 0.3) is 0 Å². The molecule has 0 saturated heterocycles. The molecule has 1 aromatic heterocycles. The third kappa shape index (κ3) is 4.85. The third-order valence-corrected chi connectivity index (χ3v) is 1.69. The quantitative estimate of drug-likeness (QED) is 0.773. The predicted octanol–water partition coefficient (Wildman–Crippen LogP) is 1.14. The Hall–Kier alpha value is -0.610. The summed E-state index contributed by atoms with van der Waals surface area (Å²) in [6.45, 7) is 4.33. The van der Waals surface area contributed by atoms with Gasteiger partial charge in [-0.15, -0.1) is 12.4 Å². The van der Waals surface area contributed by atoms with E-state index in [9.17, 15) is 0 Å². The molecule has 0 amide bonds. The average Bonchev–Trinajstić information content (AvgIpc) is 2.37. The van der Waals surface area contributed by atoms with Gasteiger partial charge in [0, 0.05) is 12.5 Å². The van der Waals surface area contributed by atoms with Crippen LogP contribution >= 0.6 is 12.4 Å². The normalized spacial score (nSPS) is 12.6. The van der Waals surface area contributed by atoms with Crippen LogP contribution in [0.4, 0.5) is 0 Å². The molecular formula is C8H17ClN4. The summed E-state index contributed by atoms with van der Waals surface area (Å²) in [4.78, 5) is 4.02. The Morgan fingerprint density at radius 1 is 1.54 bits per heavy atom. The molecule has 3 N–H and O–H groups in total. The van der Waals surface area contributed by atoms with Crippen molar-refractivity contribution >= 4 is 12.4 Å². The number of rotatable bonds is 4. The second-order valence-corrected chi connectivity index (χ2v) is 3.53. The van der Waals surface area contributed by atoms with Crippen LogP contribution in [-0.2, 0) is 6.42 Å². The summed E-state index contributed by atoms with van der Waals surface area (Å²) in [7, 11) is 0. The Kier molecular flexibility index (Phi) is 5.66. The Bertz CT molecular complexity index is 210. The molecule has 0 spiro atoms. The predicted molar refractivity (Wildman–Crippen MR) is 54.8 cm³/mol. The van der Waals surface area contributed by atoms with E-state index in [2.05, 4.69) is 29.0 Å². The number of halogens is 1. The summed E-state index contributed by atoms with van der Waals surface area (Å²) in [6, 6.07) is 0.193. The van der Waals surface area contributed by atoms with Crippen molar-refractivity contribution in [3.05, 3.63) is 12.2 Å². The summed E-state index contributed by atoms with van der Waals surface area (Å²) in [5.74, 6) is 1.52. The maximum Gasteiger partial charge on any atom is 0.137 e. The van der Waals surface area contributed by atoms with E-state index in [1.54, 1.807) is 0 Å². The van der Waals surface area contributed by atoms with Crippen LogP contribution in [-0.4, -0.2) is 21.2 Å². The van der Waals surface area contributed by atoms with E-state index < -0.39 is 0 Å². The highest BCUT2D eigenvalue weighted by molar-refractivity contribution is 5.85. The highest BCUT2D eigenvalue weighted by Gasteiger charge is 2.07. The number of hydrogen-bond acceptors (Lipinski definition) is 3. The Balaban J connectivity index is 0.00000144. The van der Waals surface area contributed by atoms with Gasteiger partial charge in [0.25, 0.3) is 0 Å². The topological polar surface area (TPSA) is 67.6 Å². The van der Waals surface area contributed by atoms with Crippen LogP contribution < -0.4 is 5.73 Å². The molecule has 0 fully saturated rings. The lowest BCUT2D eigenvalue weighted by Gasteiger charge is -2.11. The number of nitrogens with one attached hydrogen (secondary N) is 1. The van der Waals surface area contributed by atoms with Gasteiger partial charge < -0.3 is 5.73 Å². The highest BCUT2D eigenvalue weighted by atomic mass is 35.5. The minimum absolute atomic E-state index is 0. The van der Waals surface area contributed by atoms with Crippen molar-refractivity contribution in [3.63, 3.8) is 0 Å². The minimum Gasteiger partial charge on any atom is -0.327 e. The second-order valence-electron chi connectivity index (χ2n) is 3.53. The smallest absolute Gasteiger partial charge is 0.137 e. The van der Waals surface area contributed by atoms with Gasteiger partial charge in [0.1, 0.15) is 12.2 Å². The molecule has 0 aliphatic heterocycles. The van der Waals surface area contributed by atoms with Crippen molar-refractivity contribution in [1.29, 1.82) is 0 Å². The van der Waals surface area contributed by atoms with Crippen molar-refractivity contribution in [2.45, 2.75) is 32.7 Å². The van der Waals surface area contributed by atoms with E-state index in [4.69, 9.17) is 5.73 Å². The van der Waals surface area contributed by atoms with E-state index in [1.165, 1.54) is 6.33 Å². The number of hydrogen-bond donors (Lipinski definition) is 2. The Morgan fingerprint density at radius 2 is 2.23 bits per heavy atom. The number of aromatic nitrogens is 3. The lowest BCUT2D eigenvalue weighted by Crippen LogP contribution is -2.25. The molecule has 1 rings (SSSR count). The van der Waals surface area contributed by atoms with Crippen LogP contribution in [0.1, 0.15) is 26.1 Å². The van der Waals surface area contributed by atoms with Crippen LogP contribution in [0.2, 0.25) is 0 Å². The zero-order valence-corrected chi connectivity index (χ0v) is 8.84. The molecule has 0 aliphatic carbocycles. The molecule has 0 saturated carbocycles. The second kappa shape index (κ2) is 5.94. The fourth-order valence-electron chi connectivity index (χ4n) is 1.27. The van der Waals surface area contributed by atoms with E-state index in [1.807, 2.05) is 0 Å². The number of nitrogens with two attached hydrogens (primary N) is 1. The lowest BCUT2D eigenvalue weighted by molar-refractivity contribution is 0.487. The van der Waals surface area contributed by atoms with E-state index >= 15 is 0 Å².